The number of hydrogen-bond donors (Lipinski definition) is 7. The summed E-state index contributed by atoms with van der Waals surface area (Å²) >= 11 is 6.39. The number of nitrogens with zero attached hydrogens (tertiary/aromatic N) is 7. The number of ether oxygens (including phenoxy) is 2. The first-order valence-electron chi connectivity index (χ1n) is 13.6. The molecule has 0 amide bonds. The van der Waals surface area contributed by atoms with Crippen molar-refractivity contribution in [3.05, 3.63) is 29.3 Å². The van der Waals surface area contributed by atoms with Gasteiger partial charge in [-0.2, -0.15) is 4.98 Å². The Morgan fingerprint density at radius 2 is 1.91 bits per heavy atom. The van der Waals surface area contributed by atoms with Crippen LogP contribution in [0.15, 0.2) is 23.8 Å². The number of nitrogens with one attached hydrogen (secondary N) is 1. The molecule has 2 aliphatic rings. The second-order valence-electron chi connectivity index (χ2n) is 10.7. The van der Waals surface area contributed by atoms with Crippen molar-refractivity contribution >= 4 is 72.6 Å². The number of aliphatic hydroxyl groups is 2. The van der Waals surface area contributed by atoms with Gasteiger partial charge in [-0.1, -0.05) is 0 Å². The molecular formula is C22H29N10O11P2S2+. The van der Waals surface area contributed by atoms with E-state index in [1.54, 1.807) is 0 Å². The molecule has 47 heavy (non-hydrogen) atoms. The third-order valence-corrected chi connectivity index (χ3v) is 11.2. The number of nitrogens with two attached hydrogens (primary N) is 2. The number of H-pyrrole nitrogens is 1. The number of thioether (sulfide) groups is 1. The van der Waals surface area contributed by atoms with Crippen LogP contribution < -0.4 is 17.0 Å². The number of hydrogen-bond acceptors (Lipinski definition) is 18. The minimum atomic E-state index is -4.28. The Kier molecular flexibility index (Phi) is 9.39. The summed E-state index contributed by atoms with van der Waals surface area (Å²) in [7, 11) is -1.85. The van der Waals surface area contributed by atoms with Gasteiger partial charge in [-0.3, -0.25) is 23.4 Å². The Bertz CT molecular complexity index is 1930. The predicted octanol–water partition coefficient (Wildman–Crippen LogP) is -0.953. The Balaban J connectivity index is 1.27. The van der Waals surface area contributed by atoms with Crippen LogP contribution in [0.4, 0.5) is 11.8 Å². The lowest BCUT2D eigenvalue weighted by atomic mass is 9.98. The van der Waals surface area contributed by atoms with Crippen LogP contribution in [-0.2, 0) is 39.4 Å². The summed E-state index contributed by atoms with van der Waals surface area (Å²) in [6.45, 7) is -3.82. The van der Waals surface area contributed by atoms with Gasteiger partial charge in [0.1, 0.15) is 35.0 Å². The zero-order valence-corrected chi connectivity index (χ0v) is 27.8. The molecule has 0 radical (unpaired) electrons. The van der Waals surface area contributed by atoms with Crippen LogP contribution in [0, 0.1) is 0 Å². The van der Waals surface area contributed by atoms with Gasteiger partial charge in [0.15, 0.2) is 35.0 Å². The van der Waals surface area contributed by atoms with Gasteiger partial charge in [-0.25, -0.2) is 19.9 Å². The Labute approximate surface area is 273 Å². The van der Waals surface area contributed by atoms with Crippen molar-refractivity contribution in [1.82, 2.24) is 39.0 Å². The molecular weight excluding hydrogens is 706 g/mol. The van der Waals surface area contributed by atoms with Gasteiger partial charge < -0.3 is 40.6 Å². The fraction of sp³-hybridized carbons (Fsp3) is 0.545. The van der Waals surface area contributed by atoms with E-state index in [1.807, 2.05) is 0 Å². The van der Waals surface area contributed by atoms with E-state index in [4.69, 9.17) is 46.3 Å². The molecule has 4 aromatic heterocycles. The van der Waals surface area contributed by atoms with Gasteiger partial charge in [-0.15, -0.1) is 21.2 Å². The topological polar surface area (TPSA) is 303 Å². The van der Waals surface area contributed by atoms with Crippen LogP contribution in [0.25, 0.3) is 22.3 Å². The molecule has 0 bridgehead atoms. The van der Waals surface area contributed by atoms with Gasteiger partial charge in [0.05, 0.1) is 37.2 Å². The molecule has 2 fully saturated rings. The molecule has 25 heteroatoms. The standard InChI is InChI=1S/C22H28N10O11P2S2/c1-22(14(42-44(36)37)13(39-2)19(41-22)31-6-27-9-15(23)25-5-26-16(9)31)4-40-45(38,46)43-12-11(34)8(3-33)47-20(12)32-7-28-10-17(32)29-21(24)30-18(10)35/h5-8,11-14,19-20,33-34H,3-4H2,1-2H3,(H6-,23,24,25,26,29,30,35,36,37,38,46)/p+1/t8-,11-,12-,13-,14+,19-,20-,22-,45?/m1/s1. The largest absolute Gasteiger partial charge is 0.695 e. The molecule has 21 nitrogen and oxygen atoms in total. The quantitative estimate of drug-likeness (QED) is 0.0913. The van der Waals surface area contributed by atoms with Crippen molar-refractivity contribution in [3.8, 4) is 0 Å². The molecule has 6 rings (SSSR count). The first kappa shape index (κ1) is 34.1. The first-order valence-corrected chi connectivity index (χ1v) is 18.2. The van der Waals surface area contributed by atoms with E-state index in [0.717, 1.165) is 11.8 Å². The number of imidazole rings is 2. The monoisotopic (exact) mass is 735 g/mol. The summed E-state index contributed by atoms with van der Waals surface area (Å²) in [4.78, 5) is 56.2. The Hall–Kier alpha value is -2.76. The highest BCUT2D eigenvalue weighted by molar-refractivity contribution is 8.07. The molecule has 0 aliphatic carbocycles. The van der Waals surface area contributed by atoms with Crippen LogP contribution in [0.5, 0.6) is 0 Å². The van der Waals surface area contributed by atoms with E-state index >= 15 is 0 Å². The summed E-state index contributed by atoms with van der Waals surface area (Å²) in [6.07, 6.45) is -2.15. The maximum atomic E-state index is 12.3. The number of nitrogen functional groups attached to an aromatic ring is 2. The van der Waals surface area contributed by atoms with Gasteiger partial charge in [0.25, 0.3) is 5.56 Å². The number of aliphatic hydroxyl groups excluding tert-OH is 2. The average Bonchev–Trinajstić information content (AvgIpc) is 3.76. The van der Waals surface area contributed by atoms with E-state index in [0.29, 0.717) is 0 Å². The highest BCUT2D eigenvalue weighted by Crippen LogP contribution is 2.55. The highest BCUT2D eigenvalue weighted by atomic mass is 32.5. The minimum Gasteiger partial charge on any atom is -0.395 e. The van der Waals surface area contributed by atoms with Crippen molar-refractivity contribution in [2.45, 2.75) is 53.8 Å². The second kappa shape index (κ2) is 12.9. The molecule has 2 aliphatic heterocycles. The molecule has 4 aromatic rings. The zero-order chi connectivity index (χ0) is 33.8. The lowest BCUT2D eigenvalue weighted by Crippen LogP contribution is -2.45. The molecule has 254 valence electrons. The van der Waals surface area contributed by atoms with Gasteiger partial charge in [0, 0.05) is 11.7 Å². The molecule has 0 spiro atoms. The van der Waals surface area contributed by atoms with E-state index in [9.17, 15) is 29.4 Å². The van der Waals surface area contributed by atoms with Crippen molar-refractivity contribution in [1.29, 1.82) is 0 Å². The summed E-state index contributed by atoms with van der Waals surface area (Å²) in [5.41, 5.74) is 10.0. The number of methoxy groups -OCH3 is 1. The summed E-state index contributed by atoms with van der Waals surface area (Å²) in [5.74, 6) is -0.0713. The van der Waals surface area contributed by atoms with Crippen molar-refractivity contribution in [2.75, 3.05) is 31.8 Å². The molecule has 2 unspecified atom stereocenters. The minimum absolute atomic E-state index is 0.0400. The number of aromatic nitrogens is 8. The maximum absolute atomic E-state index is 12.3. The van der Waals surface area contributed by atoms with Crippen molar-refractivity contribution in [3.63, 3.8) is 0 Å². The normalized spacial score (nSPS) is 31.1. The summed E-state index contributed by atoms with van der Waals surface area (Å²) < 4.78 is 43.6. The second-order valence-corrected chi connectivity index (χ2v) is 15.5. The molecule has 2 saturated heterocycles. The molecule has 0 saturated carbocycles. The van der Waals surface area contributed by atoms with Crippen molar-refractivity contribution < 1.29 is 47.6 Å². The lowest BCUT2D eigenvalue weighted by Gasteiger charge is -2.31. The summed E-state index contributed by atoms with van der Waals surface area (Å²) in [6, 6.07) is 0. The van der Waals surface area contributed by atoms with Crippen molar-refractivity contribution in [2.24, 2.45) is 0 Å². The van der Waals surface area contributed by atoms with Crippen LogP contribution >= 0.6 is 26.7 Å². The van der Waals surface area contributed by atoms with E-state index in [-0.39, 0.29) is 34.1 Å². The van der Waals surface area contributed by atoms with E-state index in [2.05, 4.69) is 29.9 Å². The number of aromatic amines is 1. The predicted molar refractivity (Wildman–Crippen MR) is 167 cm³/mol. The summed E-state index contributed by atoms with van der Waals surface area (Å²) in [5, 5.41) is 19.3. The fourth-order valence-corrected chi connectivity index (χ4v) is 9.05. The Morgan fingerprint density at radius 1 is 1.19 bits per heavy atom. The van der Waals surface area contributed by atoms with E-state index in [1.165, 1.54) is 42.1 Å². The highest BCUT2D eigenvalue weighted by Gasteiger charge is 2.59. The lowest BCUT2D eigenvalue weighted by molar-refractivity contribution is -0.111. The maximum Gasteiger partial charge on any atom is 0.695 e. The SMILES string of the molecule is CO[C@H]1[C@H](n2cnc3c(N)ncnc32)O[C@](C)(COP(O)(=S)O[C@@H]2[C@H](O)[C@@H](CO)S[C@H]2n2cnc3c(=O)[nH]c(N)nc32)[C@H]1O[P+](=O)O. The third kappa shape index (κ3) is 6.28. The zero-order valence-electron chi connectivity index (χ0n) is 24.3. The van der Waals surface area contributed by atoms with Crippen LogP contribution in [0.2, 0.25) is 0 Å². The van der Waals surface area contributed by atoms with Gasteiger partial charge in [-0.05, 0) is 18.7 Å². The molecule has 9 N–H and O–H groups in total. The van der Waals surface area contributed by atoms with Crippen LogP contribution in [-0.4, -0.2) is 115 Å². The van der Waals surface area contributed by atoms with Crippen LogP contribution in [0.3, 0.4) is 0 Å². The third-order valence-electron chi connectivity index (χ3n) is 7.70. The van der Waals surface area contributed by atoms with Crippen LogP contribution in [0.1, 0.15) is 18.5 Å². The number of fused-ring (bicyclic) bond motifs is 2. The average molecular weight is 736 g/mol. The first-order chi connectivity index (χ1) is 22.3. The van der Waals surface area contributed by atoms with E-state index < -0.39 is 80.6 Å². The number of anilines is 2. The van der Waals surface area contributed by atoms with Gasteiger partial charge >= 0.3 is 15.0 Å². The molecule has 10 atom stereocenters. The fourth-order valence-electron chi connectivity index (χ4n) is 5.53. The smallest absolute Gasteiger partial charge is 0.395 e. The Morgan fingerprint density at radius 3 is 2.62 bits per heavy atom. The van der Waals surface area contributed by atoms with Gasteiger partial charge in [0.2, 0.25) is 5.95 Å². The molecule has 6 heterocycles. The number of rotatable bonds is 11. The molecule has 0 aromatic carbocycles.